The molecule has 0 saturated carbocycles. The van der Waals surface area contributed by atoms with Crippen LogP contribution in [-0.2, 0) is 16.1 Å². The Morgan fingerprint density at radius 2 is 2.32 bits per heavy atom. The highest BCUT2D eigenvalue weighted by molar-refractivity contribution is 9.10. The summed E-state index contributed by atoms with van der Waals surface area (Å²) in [6.07, 6.45) is 0.581. The maximum absolute atomic E-state index is 13.3. The van der Waals surface area contributed by atoms with Crippen LogP contribution in [0.4, 0.5) is 4.39 Å². The van der Waals surface area contributed by atoms with Crippen LogP contribution in [0.3, 0.4) is 0 Å². The zero-order chi connectivity index (χ0) is 14.0. The molecule has 2 N–H and O–H groups in total. The fourth-order valence-corrected chi connectivity index (χ4v) is 2.95. The van der Waals surface area contributed by atoms with Gasteiger partial charge in [-0.25, -0.2) is 4.39 Å². The number of hydrogen-bond acceptors (Lipinski definition) is 3. The summed E-state index contributed by atoms with van der Waals surface area (Å²) >= 11 is 3.26. The number of hydrogen-bond donors (Lipinski definition) is 1. The van der Waals surface area contributed by atoms with Gasteiger partial charge in [-0.1, -0.05) is 15.9 Å². The minimum absolute atomic E-state index is 0.00509. The van der Waals surface area contributed by atoms with Crippen molar-refractivity contribution in [1.29, 1.82) is 0 Å². The molecule has 1 amide bonds. The lowest BCUT2D eigenvalue weighted by Crippen LogP contribution is -2.39. The van der Waals surface area contributed by atoms with E-state index in [2.05, 4.69) is 15.9 Å². The second kappa shape index (κ2) is 5.98. The highest BCUT2D eigenvalue weighted by atomic mass is 79.9. The molecule has 1 aliphatic heterocycles. The third kappa shape index (κ3) is 3.52. The van der Waals surface area contributed by atoms with Crippen LogP contribution in [0, 0.1) is 5.82 Å². The summed E-state index contributed by atoms with van der Waals surface area (Å²) in [6.45, 7) is 1.10. The van der Waals surface area contributed by atoms with Gasteiger partial charge in [0, 0.05) is 24.7 Å². The second-order valence-corrected chi connectivity index (χ2v) is 5.63. The monoisotopic (exact) mass is 330 g/mol. The molecule has 0 aromatic heterocycles. The first kappa shape index (κ1) is 14.4. The van der Waals surface area contributed by atoms with Gasteiger partial charge >= 0.3 is 0 Å². The molecule has 104 valence electrons. The van der Waals surface area contributed by atoms with Crippen molar-refractivity contribution >= 4 is 21.8 Å². The molecule has 1 aromatic carbocycles. The highest BCUT2D eigenvalue weighted by Crippen LogP contribution is 2.24. The van der Waals surface area contributed by atoms with E-state index in [1.54, 1.807) is 7.11 Å². The molecule has 2 rings (SSSR count). The topological polar surface area (TPSA) is 55.6 Å². The zero-order valence-corrected chi connectivity index (χ0v) is 12.2. The Kier molecular flexibility index (Phi) is 4.54. The lowest BCUT2D eigenvalue weighted by Gasteiger charge is -2.21. The third-order valence-corrected chi connectivity index (χ3v) is 3.79. The fraction of sp³-hybridized carbons (Fsp3) is 0.462. The molecule has 1 aromatic rings. The molecular formula is C13H16BrFN2O2. The first-order valence-electron chi connectivity index (χ1n) is 6.00. The average Bonchev–Trinajstić information content (AvgIpc) is 2.71. The van der Waals surface area contributed by atoms with E-state index >= 15 is 0 Å². The normalized spacial score (nSPS) is 23.7. The molecule has 1 aliphatic rings. The summed E-state index contributed by atoms with van der Waals surface area (Å²) in [5, 5.41) is 0. The lowest BCUT2D eigenvalue weighted by molar-refractivity contribution is -0.122. The van der Waals surface area contributed by atoms with Crippen LogP contribution >= 0.6 is 15.9 Å². The molecule has 2 atom stereocenters. The maximum Gasteiger partial charge on any atom is 0.234 e. The van der Waals surface area contributed by atoms with E-state index in [9.17, 15) is 9.18 Å². The number of primary amides is 1. The molecule has 1 saturated heterocycles. The summed E-state index contributed by atoms with van der Waals surface area (Å²) in [7, 11) is 1.62. The van der Waals surface area contributed by atoms with Crippen LogP contribution in [0.2, 0.25) is 0 Å². The van der Waals surface area contributed by atoms with Crippen LogP contribution in [0.1, 0.15) is 12.0 Å². The van der Waals surface area contributed by atoms with E-state index in [4.69, 9.17) is 10.5 Å². The Bertz CT molecular complexity index is 463. The van der Waals surface area contributed by atoms with E-state index in [0.29, 0.717) is 24.0 Å². The van der Waals surface area contributed by atoms with E-state index in [-0.39, 0.29) is 23.9 Å². The van der Waals surface area contributed by atoms with Gasteiger partial charge in [0.25, 0.3) is 0 Å². The number of rotatable bonds is 4. The van der Waals surface area contributed by atoms with E-state index in [1.165, 1.54) is 12.1 Å². The van der Waals surface area contributed by atoms with Crippen molar-refractivity contribution in [1.82, 2.24) is 4.90 Å². The SMILES string of the molecule is CO[C@H]1C[C@@H](C(N)=O)N(Cc2cc(F)cc(Br)c2)C1. The average molecular weight is 331 g/mol. The highest BCUT2D eigenvalue weighted by Gasteiger charge is 2.35. The van der Waals surface area contributed by atoms with Gasteiger partial charge in [0.1, 0.15) is 5.82 Å². The van der Waals surface area contributed by atoms with Gasteiger partial charge in [0.05, 0.1) is 12.1 Å². The summed E-state index contributed by atoms with van der Waals surface area (Å²) in [5.41, 5.74) is 6.20. The Morgan fingerprint density at radius 1 is 1.58 bits per heavy atom. The minimum atomic E-state index is -0.366. The first-order chi connectivity index (χ1) is 8.99. The number of methoxy groups -OCH3 is 1. The maximum atomic E-state index is 13.3. The number of halogens is 2. The van der Waals surface area contributed by atoms with Gasteiger partial charge in [0.2, 0.25) is 5.91 Å². The number of carbonyl (C=O) groups is 1. The number of nitrogens with two attached hydrogens (primary N) is 1. The third-order valence-electron chi connectivity index (χ3n) is 3.33. The summed E-state index contributed by atoms with van der Waals surface area (Å²) in [4.78, 5) is 13.4. The first-order valence-corrected chi connectivity index (χ1v) is 6.80. The Balaban J connectivity index is 2.14. The van der Waals surface area contributed by atoms with Crippen molar-refractivity contribution in [2.75, 3.05) is 13.7 Å². The molecule has 0 aliphatic carbocycles. The van der Waals surface area contributed by atoms with Gasteiger partial charge in [-0.15, -0.1) is 0 Å². The Labute approximate surface area is 119 Å². The predicted molar refractivity (Wildman–Crippen MR) is 72.9 cm³/mol. The van der Waals surface area contributed by atoms with Crippen LogP contribution in [0.25, 0.3) is 0 Å². The second-order valence-electron chi connectivity index (χ2n) is 4.72. The van der Waals surface area contributed by atoms with Crippen molar-refractivity contribution in [3.05, 3.63) is 34.1 Å². The van der Waals surface area contributed by atoms with Gasteiger partial charge in [-0.3, -0.25) is 9.69 Å². The van der Waals surface area contributed by atoms with Crippen LogP contribution in [-0.4, -0.2) is 36.6 Å². The quantitative estimate of drug-likeness (QED) is 0.913. The molecule has 0 bridgehead atoms. The van der Waals surface area contributed by atoms with Gasteiger partial charge in [-0.05, 0) is 30.2 Å². The predicted octanol–water partition coefficient (Wildman–Crippen LogP) is 1.66. The largest absolute Gasteiger partial charge is 0.380 e. The van der Waals surface area contributed by atoms with Crippen molar-refractivity contribution in [3.63, 3.8) is 0 Å². The van der Waals surface area contributed by atoms with E-state index in [0.717, 1.165) is 5.56 Å². The number of amides is 1. The van der Waals surface area contributed by atoms with E-state index in [1.807, 2.05) is 11.0 Å². The summed E-state index contributed by atoms with van der Waals surface area (Å²) in [5.74, 6) is -0.669. The Hall–Kier alpha value is -0.980. The van der Waals surface area contributed by atoms with Crippen molar-refractivity contribution < 1.29 is 13.9 Å². The van der Waals surface area contributed by atoms with Crippen LogP contribution < -0.4 is 5.73 Å². The summed E-state index contributed by atoms with van der Waals surface area (Å²) < 4.78 is 19.3. The molecule has 1 fully saturated rings. The number of nitrogens with zero attached hydrogens (tertiary/aromatic N) is 1. The smallest absolute Gasteiger partial charge is 0.234 e. The number of ether oxygens (including phenoxy) is 1. The molecule has 19 heavy (non-hydrogen) atoms. The minimum Gasteiger partial charge on any atom is -0.380 e. The van der Waals surface area contributed by atoms with Crippen LogP contribution in [0.15, 0.2) is 22.7 Å². The Morgan fingerprint density at radius 3 is 2.89 bits per heavy atom. The molecule has 1 heterocycles. The molecule has 6 heteroatoms. The van der Waals surface area contributed by atoms with Crippen molar-refractivity contribution in [2.45, 2.75) is 25.1 Å². The standard InChI is InChI=1S/C13H16BrFN2O2/c1-19-11-5-12(13(16)18)17(7-11)6-8-2-9(14)4-10(15)3-8/h2-4,11-12H,5-7H2,1H3,(H2,16,18)/t11-,12-/m0/s1. The van der Waals surface area contributed by atoms with Gasteiger partial charge in [0.15, 0.2) is 0 Å². The molecular weight excluding hydrogens is 315 g/mol. The molecule has 0 unspecified atom stereocenters. The van der Waals surface area contributed by atoms with E-state index < -0.39 is 0 Å². The fourth-order valence-electron chi connectivity index (χ4n) is 2.44. The lowest BCUT2D eigenvalue weighted by atomic mass is 10.1. The number of likely N-dealkylation sites (tertiary alicyclic amines) is 1. The van der Waals surface area contributed by atoms with Crippen molar-refractivity contribution in [2.24, 2.45) is 5.73 Å². The summed E-state index contributed by atoms with van der Waals surface area (Å²) in [6, 6.07) is 4.34. The number of carbonyl (C=O) groups excluding carboxylic acids is 1. The van der Waals surface area contributed by atoms with Crippen LogP contribution in [0.5, 0.6) is 0 Å². The molecule has 0 spiro atoms. The van der Waals surface area contributed by atoms with Gasteiger partial charge < -0.3 is 10.5 Å². The van der Waals surface area contributed by atoms with Crippen molar-refractivity contribution in [3.8, 4) is 0 Å². The van der Waals surface area contributed by atoms with Gasteiger partial charge in [-0.2, -0.15) is 0 Å². The number of benzene rings is 1. The molecule has 4 nitrogen and oxygen atoms in total. The molecule has 0 radical (unpaired) electrons. The zero-order valence-electron chi connectivity index (χ0n) is 10.6.